The van der Waals surface area contributed by atoms with Gasteiger partial charge in [-0.05, 0) is 143 Å². The fourth-order valence-electron chi connectivity index (χ4n) is 12.7. The molecular formula is C85H55F3N6O8. The fourth-order valence-corrected chi connectivity index (χ4v) is 12.7. The van der Waals surface area contributed by atoms with E-state index in [1.54, 1.807) is 144 Å². The molecular weight excluding hydrogens is 1290 g/mol. The van der Waals surface area contributed by atoms with Crippen LogP contribution in [0.3, 0.4) is 0 Å². The van der Waals surface area contributed by atoms with Crippen molar-refractivity contribution in [3.05, 3.63) is 341 Å². The first-order valence-corrected chi connectivity index (χ1v) is 32.5. The van der Waals surface area contributed by atoms with E-state index in [2.05, 4.69) is 6.07 Å². The summed E-state index contributed by atoms with van der Waals surface area (Å²) >= 11 is 0. The standard InChI is InChI=1S/C85H55F3N6O8/c86-85(87,88)73-47-64(94-76-40-32-60(83(97)101-51-55-22-10-3-11-23-55)44-71(76)72-45-61(33-41-77(72)94)84(98)102-52-56-24-12-4-13-25-56)35-37-67(73)80-91-78(57-26-14-5-15-27-57)90-79(92-80)66-36-34-63(46-68(66)65-29-17-16-28-62(65)48-89)93-74-38-30-58(81(95)99-49-53-18-6-1-7-19-53)42-69(74)70-43-59(31-39-75(70)93)82(96)100-50-54-20-8-2-9-21-54/h1-47H,49-52H2. The second-order valence-corrected chi connectivity index (χ2v) is 24.1. The third-order valence-electron chi connectivity index (χ3n) is 17.6. The summed E-state index contributed by atoms with van der Waals surface area (Å²) in [6, 6.07) is 84.1. The van der Waals surface area contributed by atoms with E-state index in [-0.39, 0.29) is 83.0 Å². The molecule has 0 aliphatic rings. The van der Waals surface area contributed by atoms with Crippen LogP contribution in [0.4, 0.5) is 13.2 Å². The lowest BCUT2D eigenvalue weighted by Gasteiger charge is -2.18. The Labute approximate surface area is 581 Å². The Kier molecular flexibility index (Phi) is 17.5. The lowest BCUT2D eigenvalue weighted by atomic mass is 9.94. The summed E-state index contributed by atoms with van der Waals surface area (Å²) in [6.07, 6.45) is -5.03. The number of benzene rings is 12. The summed E-state index contributed by atoms with van der Waals surface area (Å²) in [5, 5.41) is 12.9. The molecule has 0 atom stereocenters. The van der Waals surface area contributed by atoms with Crippen molar-refractivity contribution in [3.8, 4) is 62.7 Å². The van der Waals surface area contributed by atoms with Crippen molar-refractivity contribution in [1.29, 1.82) is 5.26 Å². The van der Waals surface area contributed by atoms with Crippen LogP contribution in [0.25, 0.3) is 100 Å². The first kappa shape index (κ1) is 64.4. The normalized spacial score (nSPS) is 11.4. The van der Waals surface area contributed by atoms with E-state index in [0.29, 0.717) is 71.6 Å². The average molecular weight is 1350 g/mol. The molecule has 0 spiro atoms. The summed E-state index contributed by atoms with van der Waals surface area (Å²) < 4.78 is 75.6. The zero-order valence-electron chi connectivity index (χ0n) is 54.0. The maximum Gasteiger partial charge on any atom is 0.417 e. The minimum atomic E-state index is -5.03. The molecule has 14 nitrogen and oxygen atoms in total. The predicted molar refractivity (Wildman–Crippen MR) is 382 cm³/mol. The molecule has 12 aromatic carbocycles. The van der Waals surface area contributed by atoms with Gasteiger partial charge in [-0.2, -0.15) is 18.4 Å². The van der Waals surface area contributed by atoms with Gasteiger partial charge in [0, 0.05) is 55.2 Å². The molecule has 3 aromatic heterocycles. The number of carbonyl (C=O) groups is 4. The van der Waals surface area contributed by atoms with Crippen molar-refractivity contribution in [2.45, 2.75) is 32.6 Å². The van der Waals surface area contributed by atoms with Crippen molar-refractivity contribution in [2.24, 2.45) is 0 Å². The summed E-state index contributed by atoms with van der Waals surface area (Å²) in [5.41, 5.74) is 7.17. The van der Waals surface area contributed by atoms with Gasteiger partial charge in [-0.1, -0.05) is 170 Å². The Morgan fingerprint density at radius 2 is 0.676 bits per heavy atom. The fraction of sp³-hybridized carbons (Fsp3) is 0.0588. The van der Waals surface area contributed by atoms with Gasteiger partial charge in [0.1, 0.15) is 26.4 Å². The molecule has 0 aliphatic heterocycles. The summed E-state index contributed by atoms with van der Waals surface area (Å²) in [7, 11) is 0. The van der Waals surface area contributed by atoms with Crippen LogP contribution in [0.2, 0.25) is 0 Å². The van der Waals surface area contributed by atoms with Crippen LogP contribution >= 0.6 is 0 Å². The molecule has 102 heavy (non-hydrogen) atoms. The van der Waals surface area contributed by atoms with E-state index in [1.807, 2.05) is 132 Å². The SMILES string of the molecule is N#Cc1ccccc1-c1cc(-n2c3ccc(C(=O)OCc4ccccc4)cc3c3cc(C(=O)OCc4ccccc4)ccc32)ccc1-c1nc(-c2ccccc2)nc(-c2ccc(-n3c4ccc(C(=O)OCc5ccccc5)cc4c4cc(C(=O)OCc5ccccc5)ccc43)cc2C(F)(F)F)n1. The second-order valence-electron chi connectivity index (χ2n) is 24.1. The Hall–Kier alpha value is -13.6. The van der Waals surface area contributed by atoms with E-state index in [9.17, 15) is 24.4 Å². The minimum absolute atomic E-state index is 0.00858. The maximum absolute atomic E-state index is 16.3. The highest BCUT2D eigenvalue weighted by molar-refractivity contribution is 6.14. The van der Waals surface area contributed by atoms with Crippen molar-refractivity contribution in [3.63, 3.8) is 0 Å². The van der Waals surface area contributed by atoms with Crippen LogP contribution in [0.15, 0.2) is 285 Å². The molecule has 0 bridgehead atoms. The molecule has 15 rings (SSSR count). The number of nitrogens with zero attached hydrogens (tertiary/aromatic N) is 6. The van der Waals surface area contributed by atoms with Gasteiger partial charge >= 0.3 is 30.1 Å². The Bertz CT molecular complexity index is 5580. The number of hydrogen-bond acceptors (Lipinski definition) is 12. The summed E-state index contributed by atoms with van der Waals surface area (Å²) in [4.78, 5) is 70.0. The van der Waals surface area contributed by atoms with Gasteiger partial charge in [0.15, 0.2) is 17.5 Å². The maximum atomic E-state index is 16.3. The molecule has 0 radical (unpaired) electrons. The summed E-state index contributed by atoms with van der Waals surface area (Å²) in [6.45, 7) is 0.0488. The molecule has 17 heteroatoms. The van der Waals surface area contributed by atoms with Gasteiger partial charge in [-0.15, -0.1) is 0 Å². The quantitative estimate of drug-likeness (QED) is 0.0587. The van der Waals surface area contributed by atoms with Crippen molar-refractivity contribution < 1.29 is 51.3 Å². The number of esters is 4. The molecule has 0 unspecified atom stereocenters. The molecule has 0 N–H and O–H groups in total. The number of halogens is 3. The molecule has 3 heterocycles. The van der Waals surface area contributed by atoms with Crippen LogP contribution in [0.5, 0.6) is 0 Å². The summed E-state index contributed by atoms with van der Waals surface area (Å²) in [5.74, 6) is -2.71. The number of carbonyl (C=O) groups excluding carboxylic acids is 4. The van der Waals surface area contributed by atoms with Crippen LogP contribution < -0.4 is 0 Å². The van der Waals surface area contributed by atoms with E-state index < -0.39 is 35.6 Å². The highest BCUT2D eigenvalue weighted by Gasteiger charge is 2.36. The van der Waals surface area contributed by atoms with E-state index >= 15 is 13.2 Å². The van der Waals surface area contributed by atoms with Gasteiger partial charge in [-0.25, -0.2) is 34.1 Å². The second kappa shape index (κ2) is 27.7. The lowest BCUT2D eigenvalue weighted by molar-refractivity contribution is -0.137. The highest BCUT2D eigenvalue weighted by atomic mass is 19.4. The van der Waals surface area contributed by atoms with E-state index in [1.165, 1.54) is 12.1 Å². The average Bonchev–Trinajstić information content (AvgIpc) is 1.55. The molecule has 15 aromatic rings. The molecule has 0 amide bonds. The van der Waals surface area contributed by atoms with Crippen LogP contribution in [-0.2, 0) is 51.6 Å². The van der Waals surface area contributed by atoms with Crippen LogP contribution in [0.1, 0.15) is 74.8 Å². The molecule has 0 saturated heterocycles. The van der Waals surface area contributed by atoms with Crippen molar-refractivity contribution in [1.82, 2.24) is 24.1 Å². The molecule has 0 saturated carbocycles. The van der Waals surface area contributed by atoms with Gasteiger partial charge < -0.3 is 28.1 Å². The molecule has 0 fully saturated rings. The first-order chi connectivity index (χ1) is 49.8. The van der Waals surface area contributed by atoms with E-state index in [0.717, 1.165) is 28.3 Å². The Balaban J connectivity index is 0.864. The molecule has 0 aliphatic carbocycles. The first-order valence-electron chi connectivity index (χ1n) is 32.5. The number of aromatic nitrogens is 5. The number of fused-ring (bicyclic) bond motifs is 6. The Morgan fingerprint density at radius 1 is 0.343 bits per heavy atom. The number of alkyl halides is 3. The highest BCUT2D eigenvalue weighted by Crippen LogP contribution is 2.44. The zero-order chi connectivity index (χ0) is 69.8. The van der Waals surface area contributed by atoms with Gasteiger partial charge in [0.25, 0.3) is 0 Å². The number of nitriles is 1. The Morgan fingerprint density at radius 3 is 1.06 bits per heavy atom. The van der Waals surface area contributed by atoms with Crippen molar-refractivity contribution in [2.75, 3.05) is 0 Å². The van der Waals surface area contributed by atoms with Gasteiger partial charge in [0.05, 0.1) is 61.5 Å². The number of ether oxygens (including phenoxy) is 4. The van der Waals surface area contributed by atoms with Gasteiger partial charge in [0.2, 0.25) is 0 Å². The van der Waals surface area contributed by atoms with Crippen LogP contribution in [0, 0.1) is 11.3 Å². The third kappa shape index (κ3) is 13.1. The van der Waals surface area contributed by atoms with Crippen LogP contribution in [-0.4, -0.2) is 48.0 Å². The number of hydrogen-bond donors (Lipinski definition) is 0. The molecule has 494 valence electrons. The minimum Gasteiger partial charge on any atom is -0.457 e. The van der Waals surface area contributed by atoms with Gasteiger partial charge in [-0.3, -0.25) is 0 Å². The van der Waals surface area contributed by atoms with E-state index in [4.69, 9.17) is 33.9 Å². The number of rotatable bonds is 18. The topological polar surface area (TPSA) is 178 Å². The predicted octanol–water partition coefficient (Wildman–Crippen LogP) is 19.1. The zero-order valence-corrected chi connectivity index (χ0v) is 54.0. The van der Waals surface area contributed by atoms with Crippen molar-refractivity contribution >= 4 is 67.5 Å². The largest absolute Gasteiger partial charge is 0.457 e. The smallest absolute Gasteiger partial charge is 0.417 e. The third-order valence-corrected chi connectivity index (χ3v) is 17.6. The lowest BCUT2D eigenvalue weighted by Crippen LogP contribution is -2.11. The monoisotopic (exact) mass is 1340 g/mol.